The zero-order valence-corrected chi connectivity index (χ0v) is 15.7. The van der Waals surface area contributed by atoms with Gasteiger partial charge in [0.2, 0.25) is 5.91 Å². The smallest absolute Gasteiger partial charge is 0.321 e. The van der Waals surface area contributed by atoms with Crippen molar-refractivity contribution in [1.29, 1.82) is 0 Å². The Labute approximate surface area is 151 Å². The number of hydrogen-bond acceptors (Lipinski definition) is 5. The Balaban J connectivity index is 2.24. The van der Waals surface area contributed by atoms with Crippen molar-refractivity contribution in [2.24, 2.45) is 0 Å². The molecule has 0 aliphatic carbocycles. The van der Waals surface area contributed by atoms with Crippen molar-refractivity contribution in [2.45, 2.75) is 44.1 Å². The van der Waals surface area contributed by atoms with Crippen LogP contribution in [-0.4, -0.2) is 39.0 Å². The second kappa shape index (κ2) is 8.66. The minimum Gasteiger partial charge on any atom is -0.341 e. The highest BCUT2D eigenvalue weighted by molar-refractivity contribution is 8.00. The molecule has 2 rings (SSSR count). The fourth-order valence-electron chi connectivity index (χ4n) is 2.29. The van der Waals surface area contributed by atoms with E-state index in [-0.39, 0.29) is 5.91 Å². The number of nitrogens with zero attached hydrogens (tertiary/aromatic N) is 3. The van der Waals surface area contributed by atoms with Crippen molar-refractivity contribution in [3.63, 3.8) is 0 Å². The molecule has 0 saturated heterocycles. The van der Waals surface area contributed by atoms with Crippen molar-refractivity contribution in [1.82, 2.24) is 25.4 Å². The van der Waals surface area contributed by atoms with Crippen LogP contribution in [-0.2, 0) is 11.3 Å². The number of amides is 3. The van der Waals surface area contributed by atoms with Gasteiger partial charge in [-0.15, -0.1) is 10.2 Å². The lowest BCUT2D eigenvalue weighted by Crippen LogP contribution is -2.41. The van der Waals surface area contributed by atoms with Gasteiger partial charge in [0, 0.05) is 19.2 Å². The first kappa shape index (κ1) is 19.0. The van der Waals surface area contributed by atoms with E-state index in [9.17, 15) is 9.59 Å². The first-order valence-corrected chi connectivity index (χ1v) is 9.03. The number of urea groups is 1. The second-order valence-electron chi connectivity index (χ2n) is 5.66. The van der Waals surface area contributed by atoms with Gasteiger partial charge in [-0.2, -0.15) is 0 Å². The summed E-state index contributed by atoms with van der Waals surface area (Å²) in [4.78, 5) is 23.3. The summed E-state index contributed by atoms with van der Waals surface area (Å²) in [6.07, 6.45) is 0.920. The van der Waals surface area contributed by atoms with Crippen LogP contribution >= 0.6 is 11.8 Å². The molecular formula is C17H23N5O2S. The van der Waals surface area contributed by atoms with E-state index in [1.807, 2.05) is 29.7 Å². The van der Waals surface area contributed by atoms with Crippen molar-refractivity contribution in [3.8, 4) is 11.4 Å². The van der Waals surface area contributed by atoms with Crippen molar-refractivity contribution in [3.05, 3.63) is 29.8 Å². The molecule has 2 aromatic rings. The fraction of sp³-hybridized carbons (Fsp3) is 0.412. The van der Waals surface area contributed by atoms with Crippen LogP contribution in [0.1, 0.15) is 25.8 Å². The lowest BCUT2D eigenvalue weighted by atomic mass is 10.1. The zero-order valence-electron chi connectivity index (χ0n) is 14.9. The van der Waals surface area contributed by atoms with E-state index in [0.717, 1.165) is 29.9 Å². The Morgan fingerprint density at radius 3 is 2.72 bits per heavy atom. The van der Waals surface area contributed by atoms with E-state index in [1.54, 1.807) is 6.92 Å². The van der Waals surface area contributed by atoms with E-state index in [4.69, 9.17) is 0 Å². The van der Waals surface area contributed by atoms with E-state index in [2.05, 4.69) is 33.8 Å². The second-order valence-corrected chi connectivity index (χ2v) is 6.96. The number of benzene rings is 1. The average molecular weight is 361 g/mol. The van der Waals surface area contributed by atoms with E-state index in [1.165, 1.54) is 18.8 Å². The van der Waals surface area contributed by atoms with E-state index >= 15 is 0 Å². The van der Waals surface area contributed by atoms with Gasteiger partial charge in [-0.3, -0.25) is 10.1 Å². The molecule has 3 amide bonds. The molecule has 2 N–H and O–H groups in total. The maximum atomic E-state index is 12.1. The molecule has 8 heteroatoms. The summed E-state index contributed by atoms with van der Waals surface area (Å²) in [5.74, 6) is 0.416. The molecule has 1 aromatic carbocycles. The largest absolute Gasteiger partial charge is 0.341 e. The Bertz CT molecular complexity index is 759. The lowest BCUT2D eigenvalue weighted by molar-refractivity contribution is -0.119. The van der Waals surface area contributed by atoms with Crippen LogP contribution in [0.2, 0.25) is 0 Å². The first-order valence-electron chi connectivity index (χ1n) is 8.15. The topological polar surface area (TPSA) is 88.9 Å². The van der Waals surface area contributed by atoms with Crippen LogP contribution in [0.15, 0.2) is 29.4 Å². The van der Waals surface area contributed by atoms with Gasteiger partial charge in [0.05, 0.1) is 5.25 Å². The van der Waals surface area contributed by atoms with Gasteiger partial charge in [-0.05, 0) is 26.3 Å². The summed E-state index contributed by atoms with van der Waals surface area (Å²) in [5, 5.41) is 13.4. The van der Waals surface area contributed by atoms with Crippen LogP contribution in [0.5, 0.6) is 0 Å². The van der Waals surface area contributed by atoms with E-state index in [0.29, 0.717) is 5.16 Å². The number of imide groups is 1. The molecule has 0 aliphatic rings. The Morgan fingerprint density at radius 1 is 1.32 bits per heavy atom. The highest BCUT2D eigenvalue weighted by atomic mass is 32.2. The molecule has 0 fully saturated rings. The third-order valence-electron chi connectivity index (χ3n) is 3.56. The summed E-state index contributed by atoms with van der Waals surface area (Å²) in [6, 6.07) is 7.56. The highest BCUT2D eigenvalue weighted by Gasteiger charge is 2.21. The highest BCUT2D eigenvalue weighted by Crippen LogP contribution is 2.27. The van der Waals surface area contributed by atoms with Crippen LogP contribution in [0.3, 0.4) is 0 Å². The van der Waals surface area contributed by atoms with Crippen molar-refractivity contribution in [2.75, 3.05) is 7.05 Å². The minimum atomic E-state index is -0.520. The number of carbonyl (C=O) groups excluding carboxylic acids is 2. The average Bonchev–Trinajstić information content (AvgIpc) is 2.97. The maximum absolute atomic E-state index is 12.1. The number of thioether (sulfide) groups is 1. The Morgan fingerprint density at radius 2 is 2.08 bits per heavy atom. The lowest BCUT2D eigenvalue weighted by Gasteiger charge is -2.13. The number of carbonyl (C=O) groups is 2. The molecule has 1 aromatic heterocycles. The molecule has 134 valence electrons. The van der Waals surface area contributed by atoms with Crippen LogP contribution in [0, 0.1) is 6.92 Å². The predicted molar refractivity (Wildman–Crippen MR) is 98.4 cm³/mol. The quantitative estimate of drug-likeness (QED) is 0.772. The number of nitrogens with one attached hydrogen (secondary N) is 2. The molecule has 0 radical (unpaired) electrons. The van der Waals surface area contributed by atoms with Crippen LogP contribution < -0.4 is 10.6 Å². The molecule has 1 unspecified atom stereocenters. The van der Waals surface area contributed by atoms with Crippen molar-refractivity contribution >= 4 is 23.7 Å². The summed E-state index contributed by atoms with van der Waals surface area (Å²) in [5.41, 5.74) is 2.14. The van der Waals surface area contributed by atoms with Gasteiger partial charge in [-0.1, -0.05) is 42.4 Å². The van der Waals surface area contributed by atoms with E-state index < -0.39 is 11.3 Å². The fourth-order valence-corrected chi connectivity index (χ4v) is 3.16. The van der Waals surface area contributed by atoms with Crippen LogP contribution in [0.25, 0.3) is 11.4 Å². The number of rotatable bonds is 6. The Kier molecular flexibility index (Phi) is 6.58. The standard InChI is InChI=1S/C17H23N5O2S/c1-5-9-22-14(13-8-6-7-11(2)10-13)20-21-17(22)25-12(3)15(23)19-16(24)18-4/h6-8,10,12H,5,9H2,1-4H3,(H2,18,19,23,24). The Hall–Kier alpha value is -2.35. The molecule has 0 spiro atoms. The molecule has 0 bridgehead atoms. The minimum absolute atomic E-state index is 0.368. The number of aryl methyl sites for hydroxylation is 1. The summed E-state index contributed by atoms with van der Waals surface area (Å²) in [7, 11) is 1.46. The van der Waals surface area contributed by atoms with Crippen molar-refractivity contribution < 1.29 is 9.59 Å². The summed E-state index contributed by atoms with van der Waals surface area (Å²) >= 11 is 1.29. The SMILES string of the molecule is CCCn1c(SC(C)C(=O)NC(=O)NC)nnc1-c1cccc(C)c1. The van der Waals surface area contributed by atoms with Crippen LogP contribution in [0.4, 0.5) is 4.79 Å². The third kappa shape index (κ3) is 4.82. The molecule has 25 heavy (non-hydrogen) atoms. The van der Waals surface area contributed by atoms with Gasteiger partial charge < -0.3 is 9.88 Å². The summed E-state index contributed by atoms with van der Waals surface area (Å²) < 4.78 is 2.02. The maximum Gasteiger partial charge on any atom is 0.321 e. The monoisotopic (exact) mass is 361 g/mol. The molecular weight excluding hydrogens is 338 g/mol. The molecule has 0 saturated carbocycles. The van der Waals surface area contributed by atoms with Gasteiger partial charge >= 0.3 is 6.03 Å². The molecule has 0 aliphatic heterocycles. The van der Waals surface area contributed by atoms with Gasteiger partial charge in [-0.25, -0.2) is 4.79 Å². The van der Waals surface area contributed by atoms with Gasteiger partial charge in [0.25, 0.3) is 0 Å². The third-order valence-corrected chi connectivity index (χ3v) is 4.64. The normalized spacial score (nSPS) is 11.8. The number of hydrogen-bond donors (Lipinski definition) is 2. The molecule has 1 heterocycles. The molecule has 7 nitrogen and oxygen atoms in total. The summed E-state index contributed by atoms with van der Waals surface area (Å²) in [6.45, 7) is 6.60. The first-order chi connectivity index (χ1) is 12.0. The van der Waals surface area contributed by atoms with Gasteiger partial charge in [0.15, 0.2) is 11.0 Å². The van der Waals surface area contributed by atoms with Gasteiger partial charge in [0.1, 0.15) is 0 Å². The number of aromatic nitrogens is 3. The predicted octanol–water partition coefficient (Wildman–Crippen LogP) is 2.60. The zero-order chi connectivity index (χ0) is 18.4. The molecule has 1 atom stereocenters.